The van der Waals surface area contributed by atoms with Gasteiger partial charge in [-0.1, -0.05) is 13.8 Å². The normalized spacial score (nSPS) is 14.8. The summed E-state index contributed by atoms with van der Waals surface area (Å²) in [6.07, 6.45) is 6.39. The van der Waals surface area contributed by atoms with Crippen LogP contribution in [-0.2, 0) is 12.8 Å². The Bertz CT molecular complexity index is 557. The zero-order valence-corrected chi connectivity index (χ0v) is 10.9. The molecule has 4 nitrogen and oxygen atoms in total. The number of aromatic amines is 1. The summed E-state index contributed by atoms with van der Waals surface area (Å²) in [5.41, 5.74) is 5.70. The summed E-state index contributed by atoms with van der Waals surface area (Å²) < 4.78 is 0. The van der Waals surface area contributed by atoms with Crippen LogP contribution in [0.15, 0.2) is 12.4 Å². The summed E-state index contributed by atoms with van der Waals surface area (Å²) in [6, 6.07) is 2.07. The lowest BCUT2D eigenvalue weighted by Crippen LogP contribution is -2.02. The summed E-state index contributed by atoms with van der Waals surface area (Å²) in [6.45, 7) is 4.29. The van der Waals surface area contributed by atoms with Gasteiger partial charge < -0.3 is 0 Å². The first kappa shape index (κ1) is 11.4. The van der Waals surface area contributed by atoms with Crippen molar-refractivity contribution in [2.24, 2.45) is 0 Å². The molecule has 0 aromatic carbocycles. The molecule has 2 aromatic rings. The molecule has 0 atom stereocenters. The topological polar surface area (TPSA) is 54.5 Å². The van der Waals surface area contributed by atoms with Gasteiger partial charge in [-0.15, -0.1) is 0 Å². The summed E-state index contributed by atoms with van der Waals surface area (Å²) in [5.74, 6) is 0.418. The molecule has 2 heterocycles. The molecular weight excluding hydrogens is 224 g/mol. The van der Waals surface area contributed by atoms with E-state index in [9.17, 15) is 0 Å². The van der Waals surface area contributed by atoms with Crippen molar-refractivity contribution in [3.05, 3.63) is 29.3 Å². The third kappa shape index (κ3) is 1.92. The lowest BCUT2D eigenvalue weighted by atomic mass is 9.95. The van der Waals surface area contributed by atoms with Crippen molar-refractivity contribution in [1.82, 2.24) is 20.2 Å². The fourth-order valence-corrected chi connectivity index (χ4v) is 2.51. The maximum absolute atomic E-state index is 4.45. The number of nitrogens with one attached hydrogen (secondary N) is 1. The van der Waals surface area contributed by atoms with Gasteiger partial charge >= 0.3 is 0 Å². The van der Waals surface area contributed by atoms with Gasteiger partial charge in [0.1, 0.15) is 12.0 Å². The molecule has 2 aromatic heterocycles. The highest BCUT2D eigenvalue weighted by atomic mass is 15.1. The molecule has 1 aliphatic carbocycles. The third-order valence-electron chi connectivity index (χ3n) is 3.58. The van der Waals surface area contributed by atoms with Gasteiger partial charge in [0.15, 0.2) is 0 Å². The molecule has 0 saturated carbocycles. The minimum absolute atomic E-state index is 0.418. The van der Waals surface area contributed by atoms with Crippen LogP contribution in [0.5, 0.6) is 0 Å². The highest BCUT2D eigenvalue weighted by Crippen LogP contribution is 2.29. The second-order valence-corrected chi connectivity index (χ2v) is 5.22. The Morgan fingerprint density at radius 2 is 2.00 bits per heavy atom. The van der Waals surface area contributed by atoms with Crippen LogP contribution < -0.4 is 0 Å². The van der Waals surface area contributed by atoms with Gasteiger partial charge in [0.25, 0.3) is 0 Å². The number of H-pyrrole nitrogens is 1. The van der Waals surface area contributed by atoms with E-state index in [0.29, 0.717) is 5.92 Å². The molecule has 94 valence electrons. The Kier molecular flexibility index (Phi) is 2.86. The highest BCUT2D eigenvalue weighted by Gasteiger charge is 2.19. The number of fused-ring (bicyclic) bond motifs is 1. The molecule has 0 unspecified atom stereocenters. The van der Waals surface area contributed by atoms with Gasteiger partial charge in [-0.05, 0) is 37.7 Å². The van der Waals surface area contributed by atoms with Crippen molar-refractivity contribution < 1.29 is 0 Å². The fraction of sp³-hybridized carbons (Fsp3) is 0.500. The van der Waals surface area contributed by atoms with E-state index in [4.69, 9.17) is 0 Å². The van der Waals surface area contributed by atoms with Crippen molar-refractivity contribution in [3.8, 4) is 11.4 Å². The zero-order chi connectivity index (χ0) is 12.5. The van der Waals surface area contributed by atoms with Gasteiger partial charge in [0.2, 0.25) is 0 Å². The average Bonchev–Trinajstić information content (AvgIpc) is 2.82. The molecule has 0 fully saturated rings. The summed E-state index contributed by atoms with van der Waals surface area (Å²) in [7, 11) is 0. The summed E-state index contributed by atoms with van der Waals surface area (Å²) >= 11 is 0. The monoisotopic (exact) mass is 242 g/mol. The first-order valence-corrected chi connectivity index (χ1v) is 6.64. The van der Waals surface area contributed by atoms with Gasteiger partial charge in [-0.3, -0.25) is 5.10 Å². The molecule has 0 saturated heterocycles. The number of rotatable bonds is 2. The van der Waals surface area contributed by atoms with Gasteiger partial charge in [-0.2, -0.15) is 5.10 Å². The minimum Gasteiger partial charge on any atom is -0.282 e. The predicted octanol–water partition coefficient (Wildman–Crippen LogP) is 2.87. The van der Waals surface area contributed by atoms with Crippen LogP contribution in [0.2, 0.25) is 0 Å². The van der Waals surface area contributed by atoms with Crippen molar-refractivity contribution in [3.63, 3.8) is 0 Å². The molecule has 18 heavy (non-hydrogen) atoms. The number of hydrogen-bond donors (Lipinski definition) is 1. The fourth-order valence-electron chi connectivity index (χ4n) is 2.51. The number of aryl methyl sites for hydroxylation is 1. The smallest absolute Gasteiger partial charge is 0.116 e. The van der Waals surface area contributed by atoms with Crippen LogP contribution in [0.4, 0.5) is 0 Å². The summed E-state index contributed by atoms with van der Waals surface area (Å²) in [4.78, 5) is 8.69. The molecule has 0 bridgehead atoms. The Morgan fingerprint density at radius 3 is 2.83 bits per heavy atom. The zero-order valence-electron chi connectivity index (χ0n) is 10.9. The molecule has 0 radical (unpaired) electrons. The Hall–Kier alpha value is -1.71. The second-order valence-electron chi connectivity index (χ2n) is 5.22. The second kappa shape index (κ2) is 4.52. The van der Waals surface area contributed by atoms with Crippen LogP contribution in [-0.4, -0.2) is 20.2 Å². The standard InChI is InChI=1S/C14H18N4/c1-9(2)12-7-13(16-8-15-12)14-10-5-3-4-6-11(10)17-18-14/h7-9H,3-6H2,1-2H3,(H,17,18). The van der Waals surface area contributed by atoms with E-state index >= 15 is 0 Å². The van der Waals surface area contributed by atoms with Crippen LogP contribution in [0.3, 0.4) is 0 Å². The Morgan fingerprint density at radius 1 is 1.17 bits per heavy atom. The van der Waals surface area contributed by atoms with Gasteiger partial charge in [0, 0.05) is 17.0 Å². The first-order chi connectivity index (χ1) is 8.75. The molecule has 0 aliphatic heterocycles. The number of aromatic nitrogens is 4. The first-order valence-electron chi connectivity index (χ1n) is 6.64. The predicted molar refractivity (Wildman–Crippen MR) is 70.3 cm³/mol. The van der Waals surface area contributed by atoms with Crippen LogP contribution >= 0.6 is 0 Å². The molecule has 3 rings (SSSR count). The number of hydrogen-bond acceptors (Lipinski definition) is 3. The summed E-state index contributed by atoms with van der Waals surface area (Å²) in [5, 5.41) is 7.62. The SMILES string of the molecule is CC(C)c1cc(-c2n[nH]c3c2CCCC3)ncn1. The van der Waals surface area contributed by atoms with Crippen LogP contribution in [0.1, 0.15) is 49.6 Å². The molecular formula is C14H18N4. The van der Waals surface area contributed by atoms with E-state index in [0.717, 1.165) is 29.9 Å². The van der Waals surface area contributed by atoms with Crippen molar-refractivity contribution >= 4 is 0 Å². The minimum atomic E-state index is 0.418. The van der Waals surface area contributed by atoms with Crippen molar-refractivity contribution in [2.45, 2.75) is 45.4 Å². The van der Waals surface area contributed by atoms with Gasteiger partial charge in [-0.25, -0.2) is 9.97 Å². The quantitative estimate of drug-likeness (QED) is 0.881. The molecule has 0 spiro atoms. The van der Waals surface area contributed by atoms with Crippen molar-refractivity contribution in [1.29, 1.82) is 0 Å². The van der Waals surface area contributed by atoms with E-state index < -0.39 is 0 Å². The van der Waals surface area contributed by atoms with Gasteiger partial charge in [0.05, 0.1) is 5.69 Å². The lowest BCUT2D eigenvalue weighted by molar-refractivity contribution is 0.675. The molecule has 4 heteroatoms. The van der Waals surface area contributed by atoms with E-state index in [1.54, 1.807) is 6.33 Å². The molecule has 0 amide bonds. The van der Waals surface area contributed by atoms with Crippen molar-refractivity contribution in [2.75, 3.05) is 0 Å². The third-order valence-corrected chi connectivity index (χ3v) is 3.58. The number of nitrogens with zero attached hydrogens (tertiary/aromatic N) is 3. The van der Waals surface area contributed by atoms with E-state index in [2.05, 4.69) is 40.1 Å². The van der Waals surface area contributed by atoms with Crippen LogP contribution in [0.25, 0.3) is 11.4 Å². The van der Waals surface area contributed by atoms with Crippen LogP contribution in [0, 0.1) is 0 Å². The maximum atomic E-state index is 4.45. The van der Waals surface area contributed by atoms with E-state index in [1.807, 2.05) is 0 Å². The largest absolute Gasteiger partial charge is 0.282 e. The maximum Gasteiger partial charge on any atom is 0.116 e. The van der Waals surface area contributed by atoms with E-state index in [-0.39, 0.29) is 0 Å². The Balaban J connectivity index is 2.04. The Labute approximate surface area is 107 Å². The van der Waals surface area contributed by atoms with E-state index in [1.165, 1.54) is 24.1 Å². The molecule has 1 aliphatic rings. The average molecular weight is 242 g/mol. The lowest BCUT2D eigenvalue weighted by Gasteiger charge is -2.11. The molecule has 1 N–H and O–H groups in total. The highest BCUT2D eigenvalue weighted by molar-refractivity contribution is 5.60.